The second kappa shape index (κ2) is 16.3. The van der Waals surface area contributed by atoms with Gasteiger partial charge in [0.2, 0.25) is 0 Å². The van der Waals surface area contributed by atoms with Gasteiger partial charge in [-0.15, -0.1) is 21.5 Å². The zero-order valence-electron chi connectivity index (χ0n) is 36.1. The van der Waals surface area contributed by atoms with Crippen LogP contribution in [-0.4, -0.2) is 93.0 Å². The summed E-state index contributed by atoms with van der Waals surface area (Å²) in [5, 5.41) is 31.6. The lowest BCUT2D eigenvalue weighted by molar-refractivity contribution is -0.0173. The van der Waals surface area contributed by atoms with Crippen LogP contribution in [0.2, 0.25) is 0 Å². The molecule has 318 valence electrons. The Bertz CT molecular complexity index is 2640. The van der Waals surface area contributed by atoms with Gasteiger partial charge >= 0.3 is 5.97 Å². The van der Waals surface area contributed by atoms with Gasteiger partial charge in [-0.05, 0) is 124 Å². The smallest absolute Gasteiger partial charge is 0.335 e. The number of aryl methyl sites for hydroxylation is 3. The van der Waals surface area contributed by atoms with Crippen LogP contribution in [0.25, 0.3) is 5.00 Å². The number of rotatable bonds is 8. The summed E-state index contributed by atoms with van der Waals surface area (Å²) >= 11 is 1.78. The van der Waals surface area contributed by atoms with E-state index < -0.39 is 11.6 Å². The summed E-state index contributed by atoms with van der Waals surface area (Å²) in [7, 11) is 0. The summed E-state index contributed by atoms with van der Waals surface area (Å²) in [5.41, 5.74) is 11.6. The molecule has 0 saturated carbocycles. The van der Waals surface area contributed by atoms with Gasteiger partial charge in [0.25, 0.3) is 0 Å². The molecule has 11 heteroatoms. The van der Waals surface area contributed by atoms with Gasteiger partial charge in [-0.3, -0.25) is 14.5 Å². The second-order valence-electron chi connectivity index (χ2n) is 17.9. The van der Waals surface area contributed by atoms with Gasteiger partial charge < -0.3 is 20.0 Å². The molecule has 10 nitrogen and oxygen atoms in total. The second-order valence-corrected chi connectivity index (χ2v) is 19.1. The lowest BCUT2D eigenvalue weighted by atomic mass is 9.69. The molecule has 0 unspecified atom stereocenters. The van der Waals surface area contributed by atoms with E-state index in [2.05, 4.69) is 129 Å². The molecular weight excluding hydrogens is 791 g/mol. The number of carbonyl (C=O) groups is 1. The highest BCUT2D eigenvalue weighted by Gasteiger charge is 2.36. The van der Waals surface area contributed by atoms with E-state index in [1.54, 1.807) is 17.4 Å². The molecule has 5 heterocycles. The molecule has 2 saturated heterocycles. The van der Waals surface area contributed by atoms with Crippen LogP contribution in [0.3, 0.4) is 0 Å². The molecule has 0 bridgehead atoms. The van der Waals surface area contributed by atoms with E-state index in [1.807, 2.05) is 19.1 Å². The average Bonchev–Trinajstić information content (AvgIpc) is 3.78. The molecule has 10 rings (SSSR count). The highest BCUT2D eigenvalue weighted by molar-refractivity contribution is 7.15. The molecule has 4 aromatic carbocycles. The predicted octanol–water partition coefficient (Wildman–Crippen LogP) is 8.88. The predicted molar refractivity (Wildman–Crippen MR) is 248 cm³/mol. The number of hydrogen-bond acceptors (Lipinski definition) is 9. The monoisotopic (exact) mass is 845 g/mol. The number of thiophene rings is 1. The quantitative estimate of drug-likeness (QED) is 0.157. The van der Waals surface area contributed by atoms with Gasteiger partial charge in [0.15, 0.2) is 5.82 Å². The van der Waals surface area contributed by atoms with Crippen LogP contribution >= 0.6 is 11.3 Å². The summed E-state index contributed by atoms with van der Waals surface area (Å²) in [6.45, 7) is 14.5. The summed E-state index contributed by atoms with van der Waals surface area (Å²) in [6, 6.07) is 34.3. The molecule has 2 N–H and O–H groups in total. The lowest BCUT2D eigenvalue weighted by Gasteiger charge is -2.44. The lowest BCUT2D eigenvalue weighted by Crippen LogP contribution is -2.55. The number of anilines is 2. The van der Waals surface area contributed by atoms with Crippen LogP contribution in [0.4, 0.5) is 11.4 Å². The number of benzene rings is 4. The zero-order valence-corrected chi connectivity index (χ0v) is 36.9. The molecule has 1 aliphatic carbocycles. The first-order valence-electron chi connectivity index (χ1n) is 22.2. The van der Waals surface area contributed by atoms with E-state index in [-0.39, 0.29) is 12.0 Å². The van der Waals surface area contributed by atoms with Crippen LogP contribution in [0.15, 0.2) is 102 Å². The number of aromatic carboxylic acids is 1. The highest BCUT2D eigenvalue weighted by atomic mass is 32.1. The molecule has 0 spiro atoms. The van der Waals surface area contributed by atoms with Crippen molar-refractivity contribution in [3.63, 3.8) is 0 Å². The van der Waals surface area contributed by atoms with Gasteiger partial charge in [0.05, 0.1) is 16.9 Å². The normalized spacial score (nSPS) is 21.1. The van der Waals surface area contributed by atoms with Crippen LogP contribution in [-0.2, 0) is 6.42 Å². The van der Waals surface area contributed by atoms with Gasteiger partial charge in [-0.1, -0.05) is 60.7 Å². The van der Waals surface area contributed by atoms with Gasteiger partial charge in [-0.2, -0.15) is 0 Å². The minimum Gasteiger partial charge on any atom is -0.478 e. The van der Waals surface area contributed by atoms with Crippen molar-refractivity contribution in [1.82, 2.24) is 19.7 Å². The Morgan fingerprint density at radius 2 is 1.48 bits per heavy atom. The Balaban J connectivity index is 0.764. The summed E-state index contributed by atoms with van der Waals surface area (Å²) in [5.74, 6) is 1.37. The van der Waals surface area contributed by atoms with Crippen LogP contribution in [0.1, 0.15) is 110 Å². The molecular formula is C51H55N7O3S. The van der Waals surface area contributed by atoms with E-state index >= 15 is 0 Å². The number of aromatic nitrogens is 3. The summed E-state index contributed by atoms with van der Waals surface area (Å²) < 4.78 is 2.18. The number of piperidine rings is 1. The van der Waals surface area contributed by atoms with Crippen LogP contribution in [0.5, 0.6) is 0 Å². The van der Waals surface area contributed by atoms with Crippen LogP contribution in [0, 0.1) is 20.8 Å². The average molecular weight is 846 g/mol. The molecule has 62 heavy (non-hydrogen) atoms. The van der Waals surface area contributed by atoms with Crippen molar-refractivity contribution in [2.24, 2.45) is 4.99 Å². The third-order valence-corrected chi connectivity index (χ3v) is 15.3. The fourth-order valence-electron chi connectivity index (χ4n) is 10.5. The summed E-state index contributed by atoms with van der Waals surface area (Å²) in [4.78, 5) is 25.6. The molecule has 0 amide bonds. The van der Waals surface area contributed by atoms with Crippen LogP contribution < -0.4 is 9.80 Å². The Labute approximate surface area is 368 Å². The maximum absolute atomic E-state index is 11.9. The minimum atomic E-state index is -0.876. The number of fused-ring (bicyclic) bond motifs is 4. The van der Waals surface area contributed by atoms with Crippen molar-refractivity contribution in [3.05, 3.63) is 158 Å². The zero-order chi connectivity index (χ0) is 42.7. The van der Waals surface area contributed by atoms with Crippen molar-refractivity contribution < 1.29 is 15.0 Å². The molecule has 6 aromatic rings. The maximum Gasteiger partial charge on any atom is 0.335 e. The molecule has 2 fully saturated rings. The topological polar surface area (TPSA) is 110 Å². The van der Waals surface area contributed by atoms with Crippen molar-refractivity contribution in [2.45, 2.75) is 76.9 Å². The highest BCUT2D eigenvalue weighted by Crippen LogP contribution is 2.47. The number of carboxylic acid groups (broad SMARTS) is 1. The fraction of sp³-hybridized carbons (Fsp3) is 0.373. The number of hydrogen-bond donors (Lipinski definition) is 2. The van der Waals surface area contributed by atoms with Crippen molar-refractivity contribution >= 4 is 34.4 Å². The molecule has 0 radical (unpaired) electrons. The molecule has 3 aliphatic heterocycles. The number of carboxylic acids is 1. The van der Waals surface area contributed by atoms with E-state index in [0.29, 0.717) is 18.0 Å². The Morgan fingerprint density at radius 1 is 0.806 bits per heavy atom. The number of nitrogens with zero attached hydrogens (tertiary/aromatic N) is 7. The summed E-state index contributed by atoms with van der Waals surface area (Å²) in [6.07, 6.45) is 3.33. The number of β-amino-alcohol motifs (C(OH)–C–C–N with tert-alkyl or cyclic N) is 1. The molecule has 4 aliphatic rings. The van der Waals surface area contributed by atoms with Gasteiger partial charge in [0, 0.05) is 79.1 Å². The minimum absolute atomic E-state index is 0.113. The van der Waals surface area contributed by atoms with E-state index in [1.165, 1.54) is 44.1 Å². The first kappa shape index (κ1) is 40.5. The largest absolute Gasteiger partial charge is 0.478 e. The van der Waals surface area contributed by atoms with E-state index in [9.17, 15) is 15.0 Å². The maximum atomic E-state index is 11.9. The van der Waals surface area contributed by atoms with E-state index in [4.69, 9.17) is 4.99 Å². The SMILES string of the molecule is Cc1sc2c(c1C)C(c1ccc(N3CCC(O)(CN4CCN(c5ccc([C@H]6c7ccc(C(=O)O)cc7CC[C@H]6c6ccccc6)cc5)CC4)CC3)cc1)=N[C@@H](C)c1nnc(C)n1-2. The van der Waals surface area contributed by atoms with Gasteiger partial charge in [-0.25, -0.2) is 4.79 Å². The first-order chi connectivity index (χ1) is 30.0. The standard InChI is InChI=1S/C51H55N7O3S/c1-32-34(3)62-49-45(32)47(52-33(2)48-54-53-35(4)58(48)49)38-12-18-41(19-13-38)56-24-22-51(61,23-25-56)31-55-26-28-57(29-27-55)42-16-10-37(11-17-42)46-43(36-8-6-5-7-9-36)20-14-39-30-40(50(59)60)15-21-44(39)46/h5-13,15-19,21,30,33,43,46,61H,14,20,22-29,31H2,1-4H3,(H,59,60)/t33-,43-,46+/m0/s1. The third kappa shape index (κ3) is 7.43. The fourth-order valence-corrected chi connectivity index (χ4v) is 11.8. The third-order valence-electron chi connectivity index (χ3n) is 14.1. The number of aliphatic imine (C=N–C) groups is 1. The van der Waals surface area contributed by atoms with E-state index in [0.717, 1.165) is 98.4 Å². The van der Waals surface area contributed by atoms with Gasteiger partial charge in [0.1, 0.15) is 16.9 Å². The first-order valence-corrected chi connectivity index (χ1v) is 23.0. The Hall–Kier alpha value is -5.62. The Morgan fingerprint density at radius 3 is 2.18 bits per heavy atom. The number of piperazine rings is 1. The van der Waals surface area contributed by atoms with Crippen molar-refractivity contribution in [1.29, 1.82) is 0 Å². The molecule has 2 aromatic heterocycles. The van der Waals surface area contributed by atoms with Crippen molar-refractivity contribution in [3.8, 4) is 5.00 Å². The van der Waals surface area contributed by atoms with Crippen molar-refractivity contribution in [2.75, 3.05) is 55.6 Å². The molecule has 3 atom stereocenters. The Kier molecular flexibility index (Phi) is 10.6. The number of aliphatic hydroxyl groups is 1.